The lowest BCUT2D eigenvalue weighted by Crippen LogP contribution is -2.31. The molecule has 2 N–H and O–H groups in total. The van der Waals surface area contributed by atoms with E-state index in [-0.39, 0.29) is 5.92 Å². The minimum Gasteiger partial charge on any atom is -0.350 e. The molecule has 0 bridgehead atoms. The largest absolute Gasteiger partial charge is 0.350 e. The van der Waals surface area contributed by atoms with Gasteiger partial charge in [0.15, 0.2) is 0 Å². The van der Waals surface area contributed by atoms with Crippen molar-refractivity contribution in [3.05, 3.63) is 28.7 Å². The molecular weight excluding hydrogens is 270 g/mol. The summed E-state index contributed by atoms with van der Waals surface area (Å²) < 4.78 is 0.938. The molecule has 0 aliphatic heterocycles. The molecule has 1 aromatic rings. The SMILES string of the molecule is CC(C)/C=N/N(C(N)=O)c1ccc(Br)cc1. The van der Waals surface area contributed by atoms with Crippen LogP contribution in [0.25, 0.3) is 0 Å². The number of hydrogen-bond acceptors (Lipinski definition) is 2. The molecule has 1 rings (SSSR count). The van der Waals surface area contributed by atoms with Gasteiger partial charge in [-0.25, -0.2) is 4.79 Å². The van der Waals surface area contributed by atoms with Gasteiger partial charge in [0.25, 0.3) is 0 Å². The molecule has 0 aromatic heterocycles. The average molecular weight is 284 g/mol. The van der Waals surface area contributed by atoms with Gasteiger partial charge in [0, 0.05) is 10.7 Å². The van der Waals surface area contributed by atoms with Crippen molar-refractivity contribution >= 4 is 33.9 Å². The molecule has 0 radical (unpaired) electrons. The number of rotatable bonds is 3. The van der Waals surface area contributed by atoms with Gasteiger partial charge in [-0.2, -0.15) is 10.1 Å². The molecule has 0 heterocycles. The fourth-order valence-corrected chi connectivity index (χ4v) is 1.30. The fraction of sp³-hybridized carbons (Fsp3) is 0.273. The number of hydrazone groups is 1. The van der Waals surface area contributed by atoms with Crippen LogP contribution in [0.3, 0.4) is 0 Å². The van der Waals surface area contributed by atoms with Crippen molar-refractivity contribution in [1.29, 1.82) is 0 Å². The highest BCUT2D eigenvalue weighted by Crippen LogP contribution is 2.18. The van der Waals surface area contributed by atoms with Crippen molar-refractivity contribution in [2.75, 3.05) is 5.01 Å². The summed E-state index contributed by atoms with van der Waals surface area (Å²) in [6.07, 6.45) is 1.67. The standard InChI is InChI=1S/C11H14BrN3O/c1-8(2)7-14-15(11(13)16)10-5-3-9(12)4-6-10/h3-8H,1-2H3,(H2,13,16)/b14-7+. The maximum absolute atomic E-state index is 11.2. The molecule has 0 aliphatic rings. The van der Waals surface area contributed by atoms with Gasteiger partial charge in [0.2, 0.25) is 0 Å². The van der Waals surface area contributed by atoms with Gasteiger partial charge < -0.3 is 5.73 Å². The second-order valence-electron chi connectivity index (χ2n) is 3.64. The minimum atomic E-state index is -0.598. The molecule has 0 unspecified atom stereocenters. The summed E-state index contributed by atoms with van der Waals surface area (Å²) in [6, 6.07) is 6.60. The number of amides is 2. The first-order valence-electron chi connectivity index (χ1n) is 4.90. The van der Waals surface area contributed by atoms with E-state index in [1.165, 1.54) is 5.01 Å². The van der Waals surface area contributed by atoms with Gasteiger partial charge in [-0.05, 0) is 30.2 Å². The lowest BCUT2D eigenvalue weighted by molar-refractivity contribution is 0.254. The summed E-state index contributed by atoms with van der Waals surface area (Å²) in [5.74, 6) is 0.261. The minimum absolute atomic E-state index is 0.261. The van der Waals surface area contributed by atoms with Crippen molar-refractivity contribution in [2.45, 2.75) is 13.8 Å². The number of hydrogen-bond donors (Lipinski definition) is 1. The maximum atomic E-state index is 11.2. The Morgan fingerprint density at radius 2 is 2.00 bits per heavy atom. The number of nitrogens with zero attached hydrogens (tertiary/aromatic N) is 2. The maximum Gasteiger partial charge on any atom is 0.339 e. The highest BCUT2D eigenvalue weighted by Gasteiger charge is 2.10. The summed E-state index contributed by atoms with van der Waals surface area (Å²) in [5, 5.41) is 5.21. The van der Waals surface area contributed by atoms with Crippen LogP contribution in [0.5, 0.6) is 0 Å². The van der Waals surface area contributed by atoms with Crippen LogP contribution in [0, 0.1) is 5.92 Å². The van der Waals surface area contributed by atoms with Gasteiger partial charge in [-0.1, -0.05) is 29.8 Å². The third-order valence-electron chi connectivity index (χ3n) is 1.76. The normalized spacial score (nSPS) is 11.0. The Bertz CT molecular complexity index is 387. The number of anilines is 1. The number of carbonyl (C=O) groups excluding carboxylic acids is 1. The Balaban J connectivity index is 2.94. The van der Waals surface area contributed by atoms with Crippen molar-refractivity contribution in [3.63, 3.8) is 0 Å². The number of urea groups is 1. The molecule has 4 nitrogen and oxygen atoms in total. The molecule has 0 saturated heterocycles. The molecule has 2 amide bonds. The van der Waals surface area contributed by atoms with E-state index in [1.807, 2.05) is 26.0 Å². The molecule has 0 saturated carbocycles. The molecule has 16 heavy (non-hydrogen) atoms. The Hall–Kier alpha value is -1.36. The van der Waals surface area contributed by atoms with Crippen molar-refractivity contribution in [1.82, 2.24) is 0 Å². The van der Waals surface area contributed by atoms with Gasteiger partial charge >= 0.3 is 6.03 Å². The third-order valence-corrected chi connectivity index (χ3v) is 2.29. The topological polar surface area (TPSA) is 58.7 Å². The van der Waals surface area contributed by atoms with E-state index >= 15 is 0 Å². The third kappa shape index (κ3) is 3.66. The predicted molar refractivity (Wildman–Crippen MR) is 69.5 cm³/mol. The quantitative estimate of drug-likeness (QED) is 0.673. The van der Waals surface area contributed by atoms with Crippen molar-refractivity contribution < 1.29 is 4.79 Å². The van der Waals surface area contributed by atoms with Gasteiger partial charge in [0.1, 0.15) is 0 Å². The fourth-order valence-electron chi connectivity index (χ4n) is 1.03. The van der Waals surface area contributed by atoms with Crippen molar-refractivity contribution in [3.8, 4) is 0 Å². The first-order chi connectivity index (χ1) is 7.50. The summed E-state index contributed by atoms with van der Waals surface area (Å²) >= 11 is 3.32. The van der Waals surface area contributed by atoms with E-state index in [1.54, 1.807) is 18.3 Å². The van der Waals surface area contributed by atoms with Gasteiger partial charge in [-0.15, -0.1) is 0 Å². The first-order valence-corrected chi connectivity index (χ1v) is 5.69. The summed E-state index contributed by atoms with van der Waals surface area (Å²) in [5.41, 5.74) is 5.90. The molecule has 1 aromatic carbocycles. The van der Waals surface area contributed by atoms with E-state index in [4.69, 9.17) is 5.73 Å². The predicted octanol–water partition coefficient (Wildman–Crippen LogP) is 2.98. The monoisotopic (exact) mass is 283 g/mol. The summed E-state index contributed by atoms with van der Waals surface area (Å²) in [6.45, 7) is 3.95. The molecule has 5 heteroatoms. The van der Waals surface area contributed by atoms with Crippen LogP contribution >= 0.6 is 15.9 Å². The molecule has 0 aliphatic carbocycles. The van der Waals surface area contributed by atoms with Crippen LogP contribution in [0.1, 0.15) is 13.8 Å². The van der Waals surface area contributed by atoms with E-state index in [2.05, 4.69) is 21.0 Å². The number of carbonyl (C=O) groups is 1. The molecule has 0 atom stereocenters. The zero-order valence-corrected chi connectivity index (χ0v) is 10.8. The van der Waals surface area contributed by atoms with E-state index < -0.39 is 6.03 Å². The van der Waals surface area contributed by atoms with E-state index in [9.17, 15) is 4.79 Å². The molecule has 0 spiro atoms. The zero-order valence-electron chi connectivity index (χ0n) is 9.22. The number of halogens is 1. The lowest BCUT2D eigenvalue weighted by atomic mass is 10.2. The summed E-state index contributed by atoms with van der Waals surface area (Å²) in [4.78, 5) is 11.2. The van der Waals surface area contributed by atoms with Crippen LogP contribution in [0.2, 0.25) is 0 Å². The van der Waals surface area contributed by atoms with Crippen LogP contribution in [-0.4, -0.2) is 12.2 Å². The van der Waals surface area contributed by atoms with Gasteiger partial charge in [-0.3, -0.25) is 0 Å². The average Bonchev–Trinajstić information content (AvgIpc) is 2.20. The Kier molecular flexibility index (Phi) is 4.49. The Morgan fingerprint density at radius 3 is 2.44 bits per heavy atom. The molecule has 86 valence electrons. The Morgan fingerprint density at radius 1 is 1.44 bits per heavy atom. The van der Waals surface area contributed by atoms with E-state index in [0.717, 1.165) is 4.47 Å². The van der Waals surface area contributed by atoms with E-state index in [0.29, 0.717) is 5.69 Å². The first kappa shape index (κ1) is 12.7. The molecular formula is C11H14BrN3O. The smallest absolute Gasteiger partial charge is 0.339 e. The van der Waals surface area contributed by atoms with Crippen LogP contribution in [0.15, 0.2) is 33.8 Å². The van der Waals surface area contributed by atoms with Crippen LogP contribution < -0.4 is 10.7 Å². The lowest BCUT2D eigenvalue weighted by Gasteiger charge is -2.14. The van der Waals surface area contributed by atoms with Gasteiger partial charge in [0.05, 0.1) is 5.69 Å². The molecule has 0 fully saturated rings. The Labute approximate surface area is 103 Å². The zero-order chi connectivity index (χ0) is 12.1. The highest BCUT2D eigenvalue weighted by molar-refractivity contribution is 9.10. The number of benzene rings is 1. The number of nitrogens with two attached hydrogens (primary N) is 1. The van der Waals surface area contributed by atoms with Crippen LogP contribution in [0.4, 0.5) is 10.5 Å². The van der Waals surface area contributed by atoms with Crippen LogP contribution in [-0.2, 0) is 0 Å². The number of primary amides is 1. The second-order valence-corrected chi connectivity index (χ2v) is 4.55. The highest BCUT2D eigenvalue weighted by atomic mass is 79.9. The second kappa shape index (κ2) is 5.65. The summed E-state index contributed by atoms with van der Waals surface area (Å²) in [7, 11) is 0. The van der Waals surface area contributed by atoms with Crippen molar-refractivity contribution in [2.24, 2.45) is 16.8 Å².